The molecule has 0 fully saturated rings. The lowest BCUT2D eigenvalue weighted by Crippen LogP contribution is -2.45. The molecule has 2 amide bonds. The maximum Gasteiger partial charge on any atom is 0.283 e. The van der Waals surface area contributed by atoms with Crippen LogP contribution in [-0.4, -0.2) is 35.9 Å². The van der Waals surface area contributed by atoms with Crippen molar-refractivity contribution in [3.8, 4) is 0 Å². The molecule has 0 saturated carbocycles. The predicted octanol–water partition coefficient (Wildman–Crippen LogP) is 2.03. The summed E-state index contributed by atoms with van der Waals surface area (Å²) in [4.78, 5) is 34.3. The van der Waals surface area contributed by atoms with E-state index in [1.807, 2.05) is 6.92 Å². The van der Waals surface area contributed by atoms with Gasteiger partial charge in [0, 0.05) is 18.7 Å². The van der Waals surface area contributed by atoms with Crippen LogP contribution in [0.4, 0.5) is 5.69 Å². The number of nitro benzene ring substituents is 1. The van der Waals surface area contributed by atoms with E-state index in [-0.39, 0.29) is 35.6 Å². The smallest absolute Gasteiger partial charge is 0.283 e. The summed E-state index contributed by atoms with van der Waals surface area (Å²) in [6, 6.07) is 3.77. The number of carbonyl (C=O) groups is 2. The number of nitrogens with two attached hydrogens (primary N) is 1. The standard InChI is InChI=1S/C15H21ClN4O4.ClH/c1-2-3-5-10(8-17)19-13(21)9-18-15(22)14-11(16)6-4-7-12(14)20(23)24;/h4,6-7,10H,2-3,5,8-9,17H2,1H3,(H,18,22)(H,19,21);1H. The Bertz CT molecular complexity index is 613. The fourth-order valence-corrected chi connectivity index (χ4v) is 2.37. The van der Waals surface area contributed by atoms with Gasteiger partial charge < -0.3 is 16.4 Å². The SMILES string of the molecule is CCCCC(CN)NC(=O)CNC(=O)c1c(Cl)cccc1[N+](=O)[O-].Cl. The zero-order chi connectivity index (χ0) is 18.1. The van der Waals surface area contributed by atoms with Crippen LogP contribution in [0.15, 0.2) is 18.2 Å². The number of halogens is 2. The van der Waals surface area contributed by atoms with Crippen molar-refractivity contribution in [1.82, 2.24) is 10.6 Å². The molecule has 4 N–H and O–H groups in total. The average Bonchev–Trinajstić information content (AvgIpc) is 2.55. The molecule has 1 atom stereocenters. The molecule has 0 aliphatic rings. The second-order valence-electron chi connectivity index (χ2n) is 5.22. The van der Waals surface area contributed by atoms with Crippen molar-refractivity contribution in [2.75, 3.05) is 13.1 Å². The van der Waals surface area contributed by atoms with Crippen LogP contribution in [0.25, 0.3) is 0 Å². The van der Waals surface area contributed by atoms with Crippen LogP contribution in [-0.2, 0) is 4.79 Å². The first-order valence-corrected chi connectivity index (χ1v) is 7.99. The van der Waals surface area contributed by atoms with Crippen molar-refractivity contribution in [1.29, 1.82) is 0 Å². The van der Waals surface area contributed by atoms with E-state index < -0.39 is 22.4 Å². The van der Waals surface area contributed by atoms with E-state index in [0.29, 0.717) is 6.54 Å². The van der Waals surface area contributed by atoms with Crippen LogP contribution in [0.5, 0.6) is 0 Å². The molecule has 0 spiro atoms. The molecule has 25 heavy (non-hydrogen) atoms. The van der Waals surface area contributed by atoms with E-state index in [9.17, 15) is 19.7 Å². The number of carbonyl (C=O) groups excluding carboxylic acids is 2. The highest BCUT2D eigenvalue weighted by Gasteiger charge is 2.23. The van der Waals surface area contributed by atoms with Crippen LogP contribution in [0, 0.1) is 10.1 Å². The summed E-state index contributed by atoms with van der Waals surface area (Å²) in [6.07, 6.45) is 2.67. The van der Waals surface area contributed by atoms with Gasteiger partial charge in [-0.2, -0.15) is 0 Å². The summed E-state index contributed by atoms with van der Waals surface area (Å²) in [5.74, 6) is -1.19. The van der Waals surface area contributed by atoms with Crippen molar-refractivity contribution < 1.29 is 14.5 Å². The summed E-state index contributed by atoms with van der Waals surface area (Å²) < 4.78 is 0. The van der Waals surface area contributed by atoms with Crippen molar-refractivity contribution in [3.63, 3.8) is 0 Å². The van der Waals surface area contributed by atoms with Gasteiger partial charge in [-0.15, -0.1) is 12.4 Å². The number of nitrogens with one attached hydrogen (secondary N) is 2. The van der Waals surface area contributed by atoms with Crippen molar-refractivity contribution >= 4 is 41.5 Å². The quantitative estimate of drug-likeness (QED) is 0.437. The van der Waals surface area contributed by atoms with E-state index >= 15 is 0 Å². The van der Waals surface area contributed by atoms with Crippen LogP contribution in [0.1, 0.15) is 36.5 Å². The Labute approximate surface area is 157 Å². The fourth-order valence-electron chi connectivity index (χ4n) is 2.12. The molecule has 0 aliphatic heterocycles. The minimum atomic E-state index is -0.777. The van der Waals surface area contributed by atoms with E-state index in [2.05, 4.69) is 10.6 Å². The number of amides is 2. The molecule has 0 radical (unpaired) electrons. The summed E-state index contributed by atoms with van der Waals surface area (Å²) in [6.45, 7) is 2.02. The van der Waals surface area contributed by atoms with Crippen LogP contribution < -0.4 is 16.4 Å². The first-order valence-electron chi connectivity index (χ1n) is 7.61. The first kappa shape index (κ1) is 23.1. The zero-order valence-electron chi connectivity index (χ0n) is 13.8. The Morgan fingerprint density at radius 3 is 2.64 bits per heavy atom. The van der Waals surface area contributed by atoms with Crippen molar-refractivity contribution in [2.45, 2.75) is 32.2 Å². The van der Waals surface area contributed by atoms with Gasteiger partial charge in [0.05, 0.1) is 16.5 Å². The van der Waals surface area contributed by atoms with E-state index in [1.54, 1.807) is 0 Å². The molecule has 0 bridgehead atoms. The van der Waals surface area contributed by atoms with E-state index in [4.69, 9.17) is 17.3 Å². The topological polar surface area (TPSA) is 127 Å². The number of hydrogen-bond donors (Lipinski definition) is 3. The molecule has 1 rings (SSSR count). The van der Waals surface area contributed by atoms with Gasteiger partial charge in [0.2, 0.25) is 5.91 Å². The van der Waals surface area contributed by atoms with Crippen molar-refractivity contribution in [3.05, 3.63) is 38.9 Å². The zero-order valence-corrected chi connectivity index (χ0v) is 15.4. The van der Waals surface area contributed by atoms with E-state index in [0.717, 1.165) is 19.3 Å². The van der Waals surface area contributed by atoms with Gasteiger partial charge in [0.15, 0.2) is 0 Å². The Balaban J connectivity index is 0.00000576. The van der Waals surface area contributed by atoms with Gasteiger partial charge in [0.25, 0.3) is 11.6 Å². The normalized spacial score (nSPS) is 11.2. The molecule has 0 aliphatic carbocycles. The second-order valence-corrected chi connectivity index (χ2v) is 5.62. The molecule has 1 unspecified atom stereocenters. The maximum absolute atomic E-state index is 12.1. The minimum Gasteiger partial charge on any atom is -0.351 e. The molecular weight excluding hydrogens is 371 g/mol. The highest BCUT2D eigenvalue weighted by Crippen LogP contribution is 2.25. The third-order valence-electron chi connectivity index (χ3n) is 3.38. The molecule has 140 valence electrons. The summed E-state index contributed by atoms with van der Waals surface area (Å²) >= 11 is 5.87. The molecule has 0 aromatic heterocycles. The molecule has 0 heterocycles. The van der Waals surface area contributed by atoms with Gasteiger partial charge >= 0.3 is 0 Å². The lowest BCUT2D eigenvalue weighted by molar-refractivity contribution is -0.385. The van der Waals surface area contributed by atoms with Crippen LogP contribution >= 0.6 is 24.0 Å². The molecular formula is C15H22Cl2N4O4. The molecule has 8 nitrogen and oxygen atoms in total. The average molecular weight is 393 g/mol. The van der Waals surface area contributed by atoms with Gasteiger partial charge in [-0.05, 0) is 12.5 Å². The van der Waals surface area contributed by atoms with Gasteiger partial charge in [-0.25, -0.2) is 0 Å². The van der Waals surface area contributed by atoms with Gasteiger partial charge in [-0.1, -0.05) is 37.4 Å². The summed E-state index contributed by atoms with van der Waals surface area (Å²) in [7, 11) is 0. The van der Waals surface area contributed by atoms with E-state index in [1.165, 1.54) is 18.2 Å². The summed E-state index contributed by atoms with van der Waals surface area (Å²) in [5, 5.41) is 16.0. The Morgan fingerprint density at radius 1 is 1.40 bits per heavy atom. The van der Waals surface area contributed by atoms with Gasteiger partial charge in [-0.3, -0.25) is 19.7 Å². The van der Waals surface area contributed by atoms with Gasteiger partial charge in [0.1, 0.15) is 5.56 Å². The number of hydrogen-bond acceptors (Lipinski definition) is 5. The largest absolute Gasteiger partial charge is 0.351 e. The molecule has 1 aromatic rings. The summed E-state index contributed by atoms with van der Waals surface area (Å²) in [5.41, 5.74) is 4.91. The number of unbranched alkanes of at least 4 members (excludes halogenated alkanes) is 1. The number of nitro groups is 1. The molecule has 0 saturated heterocycles. The Hall–Kier alpha value is -1.90. The minimum absolute atomic E-state index is 0. The first-order chi connectivity index (χ1) is 11.4. The number of benzene rings is 1. The second kappa shape index (κ2) is 11.6. The predicted molar refractivity (Wildman–Crippen MR) is 98.2 cm³/mol. The Morgan fingerprint density at radius 2 is 2.08 bits per heavy atom. The number of rotatable bonds is 9. The monoisotopic (exact) mass is 392 g/mol. The lowest BCUT2D eigenvalue weighted by Gasteiger charge is -2.16. The highest BCUT2D eigenvalue weighted by atomic mass is 35.5. The Kier molecular flexibility index (Phi) is 10.7. The lowest BCUT2D eigenvalue weighted by atomic mass is 10.1. The highest BCUT2D eigenvalue weighted by molar-refractivity contribution is 6.34. The molecule has 10 heteroatoms. The third kappa shape index (κ3) is 7.25. The maximum atomic E-state index is 12.1. The molecule has 1 aromatic carbocycles. The fraction of sp³-hybridized carbons (Fsp3) is 0.467. The third-order valence-corrected chi connectivity index (χ3v) is 3.70. The van der Waals surface area contributed by atoms with Crippen LogP contribution in [0.3, 0.4) is 0 Å². The van der Waals surface area contributed by atoms with Crippen LogP contribution in [0.2, 0.25) is 5.02 Å². The van der Waals surface area contributed by atoms with Crippen molar-refractivity contribution in [2.24, 2.45) is 5.73 Å². The number of nitrogens with zero attached hydrogens (tertiary/aromatic N) is 1.